The van der Waals surface area contributed by atoms with E-state index in [9.17, 15) is 9.59 Å². The third kappa shape index (κ3) is 4.03. The molecule has 2 amide bonds. The van der Waals surface area contributed by atoms with Crippen molar-refractivity contribution in [1.82, 2.24) is 10.6 Å². The third-order valence-corrected chi connectivity index (χ3v) is 7.45. The van der Waals surface area contributed by atoms with Crippen LogP contribution in [0, 0.1) is 29.1 Å². The van der Waals surface area contributed by atoms with E-state index in [2.05, 4.69) is 17.6 Å². The molecule has 140 valence electrons. The minimum absolute atomic E-state index is 0.0158. The topological polar surface area (TPSA) is 58.2 Å². The van der Waals surface area contributed by atoms with Crippen LogP contribution in [0.25, 0.3) is 0 Å². The molecule has 4 nitrogen and oxygen atoms in total. The Bertz CT molecular complexity index is 495. The van der Waals surface area contributed by atoms with Crippen molar-refractivity contribution >= 4 is 11.8 Å². The fourth-order valence-corrected chi connectivity index (χ4v) is 6.93. The van der Waals surface area contributed by atoms with E-state index in [1.807, 2.05) is 0 Å². The van der Waals surface area contributed by atoms with Gasteiger partial charge in [-0.15, -0.1) is 0 Å². The maximum Gasteiger partial charge on any atom is 0.239 e. The first-order valence-corrected chi connectivity index (χ1v) is 10.6. The van der Waals surface area contributed by atoms with Gasteiger partial charge in [0.1, 0.15) is 0 Å². The van der Waals surface area contributed by atoms with Crippen molar-refractivity contribution in [3.05, 3.63) is 0 Å². The predicted octanol–water partition coefficient (Wildman–Crippen LogP) is 3.40. The van der Waals surface area contributed by atoms with Crippen molar-refractivity contribution in [2.45, 2.75) is 83.6 Å². The van der Waals surface area contributed by atoms with Crippen molar-refractivity contribution in [3.8, 4) is 0 Å². The van der Waals surface area contributed by atoms with E-state index in [1.54, 1.807) is 0 Å². The van der Waals surface area contributed by atoms with Gasteiger partial charge in [-0.3, -0.25) is 9.59 Å². The van der Waals surface area contributed by atoms with E-state index in [-0.39, 0.29) is 23.8 Å². The van der Waals surface area contributed by atoms with Crippen molar-refractivity contribution in [2.75, 3.05) is 6.54 Å². The Balaban J connectivity index is 1.22. The Hall–Kier alpha value is -1.06. The lowest BCUT2D eigenvalue weighted by Crippen LogP contribution is -2.49. The van der Waals surface area contributed by atoms with Gasteiger partial charge < -0.3 is 10.6 Å². The fraction of sp³-hybridized carbons (Fsp3) is 0.905. The average molecular weight is 347 g/mol. The summed E-state index contributed by atoms with van der Waals surface area (Å²) in [6.45, 7) is 2.40. The van der Waals surface area contributed by atoms with Crippen LogP contribution in [0.1, 0.15) is 77.6 Å². The number of amides is 2. The van der Waals surface area contributed by atoms with Crippen LogP contribution in [-0.4, -0.2) is 24.4 Å². The monoisotopic (exact) mass is 346 g/mol. The molecule has 0 aromatic carbocycles. The molecule has 0 radical (unpaired) electrons. The van der Waals surface area contributed by atoms with Gasteiger partial charge in [-0.1, -0.05) is 19.8 Å². The smallest absolute Gasteiger partial charge is 0.239 e. The lowest BCUT2D eigenvalue weighted by Gasteiger charge is -2.56. The van der Waals surface area contributed by atoms with Crippen LogP contribution in [0.5, 0.6) is 0 Å². The highest BCUT2D eigenvalue weighted by Gasteiger charge is 2.51. The molecular formula is C21H34N2O2. The van der Waals surface area contributed by atoms with Crippen LogP contribution in [0.3, 0.4) is 0 Å². The second-order valence-corrected chi connectivity index (χ2v) is 9.91. The average Bonchev–Trinajstić information content (AvgIpc) is 2.51. The highest BCUT2D eigenvalue weighted by Crippen LogP contribution is 2.61. The Morgan fingerprint density at radius 1 is 0.920 bits per heavy atom. The van der Waals surface area contributed by atoms with E-state index in [0.717, 1.165) is 30.6 Å². The van der Waals surface area contributed by atoms with Gasteiger partial charge in [-0.25, -0.2) is 0 Å². The van der Waals surface area contributed by atoms with Gasteiger partial charge in [-0.05, 0) is 80.5 Å². The Kier molecular flexibility index (Phi) is 4.81. The van der Waals surface area contributed by atoms with E-state index in [0.29, 0.717) is 18.4 Å². The Morgan fingerprint density at radius 2 is 1.56 bits per heavy atom. The zero-order chi connectivity index (χ0) is 17.4. The molecule has 4 heteroatoms. The first kappa shape index (κ1) is 17.4. The van der Waals surface area contributed by atoms with E-state index >= 15 is 0 Å². The molecule has 5 rings (SSSR count). The van der Waals surface area contributed by atoms with Crippen LogP contribution in [0.4, 0.5) is 0 Å². The number of nitrogens with one attached hydrogen (secondary N) is 2. The van der Waals surface area contributed by atoms with Gasteiger partial charge >= 0.3 is 0 Å². The minimum Gasteiger partial charge on any atom is -0.352 e. The molecule has 5 aliphatic carbocycles. The predicted molar refractivity (Wildman–Crippen MR) is 97.8 cm³/mol. The lowest BCUT2D eigenvalue weighted by molar-refractivity contribution is -0.132. The molecule has 0 saturated heterocycles. The molecule has 5 saturated carbocycles. The number of rotatable bonds is 5. The van der Waals surface area contributed by atoms with Gasteiger partial charge in [0, 0.05) is 12.5 Å². The molecule has 2 N–H and O–H groups in total. The number of hydrogen-bond donors (Lipinski definition) is 2. The summed E-state index contributed by atoms with van der Waals surface area (Å²) < 4.78 is 0. The zero-order valence-electron chi connectivity index (χ0n) is 15.7. The quantitative estimate of drug-likeness (QED) is 0.801. The summed E-state index contributed by atoms with van der Waals surface area (Å²) >= 11 is 0. The summed E-state index contributed by atoms with van der Waals surface area (Å²) in [6, 6.07) is 0.302. The third-order valence-electron chi connectivity index (χ3n) is 7.45. The molecule has 0 aromatic heterocycles. The van der Waals surface area contributed by atoms with Crippen LogP contribution >= 0.6 is 0 Å². The number of carbonyl (C=O) groups is 2. The zero-order valence-corrected chi connectivity index (χ0v) is 15.7. The van der Waals surface area contributed by atoms with Gasteiger partial charge in [0.25, 0.3) is 0 Å². The van der Waals surface area contributed by atoms with Gasteiger partial charge in [0.15, 0.2) is 0 Å². The summed E-state index contributed by atoms with van der Waals surface area (Å²) in [7, 11) is 0. The molecule has 0 heterocycles. The second-order valence-electron chi connectivity index (χ2n) is 9.91. The van der Waals surface area contributed by atoms with Crippen LogP contribution < -0.4 is 10.6 Å². The maximum absolute atomic E-state index is 12.5. The summed E-state index contributed by atoms with van der Waals surface area (Å²) in [4.78, 5) is 24.6. The minimum atomic E-state index is -0.0158. The van der Waals surface area contributed by atoms with Crippen LogP contribution in [-0.2, 0) is 9.59 Å². The van der Waals surface area contributed by atoms with Crippen molar-refractivity contribution in [1.29, 1.82) is 0 Å². The number of hydrogen-bond acceptors (Lipinski definition) is 2. The van der Waals surface area contributed by atoms with Crippen molar-refractivity contribution in [2.24, 2.45) is 29.1 Å². The summed E-state index contributed by atoms with van der Waals surface area (Å²) in [6.07, 6.45) is 13.2. The van der Waals surface area contributed by atoms with Crippen molar-refractivity contribution in [3.63, 3.8) is 0 Å². The van der Waals surface area contributed by atoms with Gasteiger partial charge in [0.2, 0.25) is 11.8 Å². The van der Waals surface area contributed by atoms with Crippen LogP contribution in [0.2, 0.25) is 0 Å². The lowest BCUT2D eigenvalue weighted by atomic mass is 9.49. The first-order chi connectivity index (χ1) is 12.0. The highest BCUT2D eigenvalue weighted by molar-refractivity contribution is 5.85. The second kappa shape index (κ2) is 6.92. The standard InChI is InChI=1S/C21H34N2O2/c1-14-3-2-4-18(5-14)23-20(25)13-22-19(24)12-21-9-15-6-16(10-21)8-17(7-15)11-21/h14-18H,2-13H2,1H3,(H,22,24)(H,23,25). The van der Waals surface area contributed by atoms with Gasteiger partial charge in [-0.2, -0.15) is 0 Å². The maximum atomic E-state index is 12.5. The molecule has 0 aromatic rings. The number of carbonyl (C=O) groups excluding carboxylic acids is 2. The molecule has 4 bridgehead atoms. The Morgan fingerprint density at radius 3 is 2.16 bits per heavy atom. The van der Waals surface area contributed by atoms with Gasteiger partial charge in [0.05, 0.1) is 6.54 Å². The molecule has 2 atom stereocenters. The molecule has 0 spiro atoms. The largest absolute Gasteiger partial charge is 0.352 e. The van der Waals surface area contributed by atoms with E-state index < -0.39 is 0 Å². The summed E-state index contributed by atoms with van der Waals surface area (Å²) in [5.74, 6) is 3.39. The molecule has 5 fully saturated rings. The van der Waals surface area contributed by atoms with Crippen molar-refractivity contribution < 1.29 is 9.59 Å². The van der Waals surface area contributed by atoms with E-state index in [4.69, 9.17) is 0 Å². The highest BCUT2D eigenvalue weighted by atomic mass is 16.2. The molecule has 25 heavy (non-hydrogen) atoms. The molecular weight excluding hydrogens is 312 g/mol. The molecule has 2 unspecified atom stereocenters. The fourth-order valence-electron chi connectivity index (χ4n) is 6.93. The SMILES string of the molecule is CC1CCCC(NC(=O)CNC(=O)CC23CC4CC(CC(C4)C2)C3)C1. The first-order valence-electron chi connectivity index (χ1n) is 10.6. The summed E-state index contributed by atoms with van der Waals surface area (Å²) in [5.41, 5.74) is 0.258. The normalized spacial score (nSPS) is 42.2. The molecule has 0 aliphatic heterocycles. The summed E-state index contributed by atoms with van der Waals surface area (Å²) in [5, 5.41) is 6.02. The Labute approximate surface area is 151 Å². The molecule has 5 aliphatic rings. The van der Waals surface area contributed by atoms with Crippen LogP contribution in [0.15, 0.2) is 0 Å². The van der Waals surface area contributed by atoms with E-state index in [1.165, 1.54) is 51.4 Å².